The molecule has 22 heavy (non-hydrogen) atoms. The van der Waals surface area contributed by atoms with Crippen LogP contribution in [0.15, 0.2) is 12.7 Å². The van der Waals surface area contributed by atoms with E-state index >= 15 is 0 Å². The molecule has 0 aromatic heterocycles. The Bertz CT molecular complexity index is 236. The lowest BCUT2D eigenvalue weighted by Gasteiger charge is -2.32. The first-order valence-corrected chi connectivity index (χ1v) is 10.1. The number of likely N-dealkylation sites (N-methyl/N-ethyl adjacent to an activating group) is 1. The Morgan fingerprint density at radius 1 is 0.682 bits per heavy atom. The van der Waals surface area contributed by atoms with Crippen LogP contribution < -0.4 is 0 Å². The van der Waals surface area contributed by atoms with Crippen LogP contribution in [0.25, 0.3) is 0 Å². The molecule has 0 N–H and O–H groups in total. The minimum absolute atomic E-state index is 1.12. The predicted octanol–water partition coefficient (Wildman–Crippen LogP) is 6.73. The lowest BCUT2D eigenvalue weighted by atomic mass is 10.0. The van der Waals surface area contributed by atoms with Gasteiger partial charge in [-0.3, -0.25) is 0 Å². The third kappa shape index (κ3) is 13.4. The van der Waals surface area contributed by atoms with Crippen molar-refractivity contribution in [2.75, 3.05) is 26.7 Å². The van der Waals surface area contributed by atoms with Crippen LogP contribution in [-0.2, 0) is 0 Å². The summed E-state index contributed by atoms with van der Waals surface area (Å²) in [6.07, 6.45) is 20.8. The van der Waals surface area contributed by atoms with Crippen LogP contribution in [0.1, 0.15) is 97.3 Å². The smallest absolute Gasteiger partial charge is 0.0968 e. The quantitative estimate of drug-likeness (QED) is 0.159. The zero-order valence-electron chi connectivity index (χ0n) is 16.0. The van der Waals surface area contributed by atoms with Crippen molar-refractivity contribution < 1.29 is 4.48 Å². The van der Waals surface area contributed by atoms with Gasteiger partial charge in [0.25, 0.3) is 0 Å². The van der Waals surface area contributed by atoms with E-state index < -0.39 is 0 Å². The summed E-state index contributed by atoms with van der Waals surface area (Å²) < 4.78 is 1.17. The van der Waals surface area contributed by atoms with Gasteiger partial charge in [0.05, 0.1) is 26.7 Å². The van der Waals surface area contributed by atoms with Gasteiger partial charge in [-0.25, -0.2) is 0 Å². The van der Waals surface area contributed by atoms with Gasteiger partial charge in [-0.2, -0.15) is 0 Å². The summed E-state index contributed by atoms with van der Waals surface area (Å²) in [4.78, 5) is 0. The maximum atomic E-state index is 3.89. The fourth-order valence-corrected chi connectivity index (χ4v) is 3.20. The summed E-state index contributed by atoms with van der Waals surface area (Å²) in [6.45, 7) is 12.1. The van der Waals surface area contributed by atoms with E-state index in [0.29, 0.717) is 0 Å². The summed E-state index contributed by atoms with van der Waals surface area (Å²) >= 11 is 0. The van der Waals surface area contributed by atoms with E-state index in [0.717, 1.165) is 6.54 Å². The molecule has 0 heterocycles. The summed E-state index contributed by atoms with van der Waals surface area (Å²) in [5, 5.41) is 0. The van der Waals surface area contributed by atoms with Crippen molar-refractivity contribution in [1.29, 1.82) is 0 Å². The molecule has 0 aliphatic rings. The molecule has 132 valence electrons. The van der Waals surface area contributed by atoms with Crippen LogP contribution in [0, 0.1) is 0 Å². The van der Waals surface area contributed by atoms with Crippen molar-refractivity contribution >= 4 is 0 Å². The summed E-state index contributed by atoms with van der Waals surface area (Å²) in [7, 11) is 2.36. The zero-order valence-corrected chi connectivity index (χ0v) is 16.0. The SMILES string of the molecule is C=CC[N+](C)(CC)CCCCCCCCCCCCCCC. The second kappa shape index (κ2) is 15.6. The first-order valence-electron chi connectivity index (χ1n) is 10.1. The molecule has 0 aromatic rings. The Hall–Kier alpha value is -0.300. The molecule has 0 spiro atoms. The second-order valence-corrected chi connectivity index (χ2v) is 7.37. The Morgan fingerprint density at radius 2 is 1.09 bits per heavy atom. The number of hydrogen-bond acceptors (Lipinski definition) is 0. The topological polar surface area (TPSA) is 0 Å². The minimum Gasteiger partial charge on any atom is -0.323 e. The van der Waals surface area contributed by atoms with Crippen LogP contribution in [0.3, 0.4) is 0 Å². The molecule has 0 fully saturated rings. The number of unbranched alkanes of at least 4 members (excludes halogenated alkanes) is 12. The highest BCUT2D eigenvalue weighted by Gasteiger charge is 2.15. The summed E-state index contributed by atoms with van der Waals surface area (Å²) in [5.41, 5.74) is 0. The van der Waals surface area contributed by atoms with E-state index in [1.165, 1.54) is 101 Å². The molecule has 1 nitrogen and oxygen atoms in total. The fourth-order valence-electron chi connectivity index (χ4n) is 3.20. The standard InChI is InChI=1S/C21H44N/c1-5-8-9-10-11-12-13-14-15-16-17-18-19-21-22(4,7-3)20-6-2/h6H,2,5,7-21H2,1,3-4H3/q+1. The van der Waals surface area contributed by atoms with Crippen LogP contribution in [-0.4, -0.2) is 31.2 Å². The van der Waals surface area contributed by atoms with Crippen molar-refractivity contribution in [3.05, 3.63) is 12.7 Å². The van der Waals surface area contributed by atoms with Gasteiger partial charge in [0.1, 0.15) is 0 Å². The number of nitrogens with zero attached hydrogens (tertiary/aromatic N) is 1. The molecule has 0 bridgehead atoms. The summed E-state index contributed by atoms with van der Waals surface area (Å²) in [5.74, 6) is 0. The highest BCUT2D eigenvalue weighted by Crippen LogP contribution is 2.13. The fraction of sp³-hybridized carbons (Fsp3) is 0.905. The van der Waals surface area contributed by atoms with Gasteiger partial charge in [0.15, 0.2) is 0 Å². The zero-order chi connectivity index (χ0) is 16.5. The molecular weight excluding hydrogens is 266 g/mol. The molecule has 1 unspecified atom stereocenters. The highest BCUT2D eigenvalue weighted by molar-refractivity contribution is 4.65. The third-order valence-corrected chi connectivity index (χ3v) is 5.13. The Kier molecular flexibility index (Phi) is 15.4. The molecule has 0 saturated carbocycles. The van der Waals surface area contributed by atoms with Crippen molar-refractivity contribution in [2.45, 2.75) is 97.3 Å². The van der Waals surface area contributed by atoms with Crippen LogP contribution in [0.5, 0.6) is 0 Å². The Morgan fingerprint density at radius 3 is 1.45 bits per heavy atom. The van der Waals surface area contributed by atoms with Gasteiger partial charge >= 0.3 is 0 Å². The van der Waals surface area contributed by atoms with Gasteiger partial charge in [-0.15, -0.1) is 0 Å². The number of quaternary nitrogens is 1. The van der Waals surface area contributed by atoms with E-state index in [2.05, 4.69) is 33.6 Å². The van der Waals surface area contributed by atoms with Gasteiger partial charge in [0, 0.05) is 0 Å². The van der Waals surface area contributed by atoms with Gasteiger partial charge in [-0.1, -0.05) is 84.1 Å². The third-order valence-electron chi connectivity index (χ3n) is 5.13. The van der Waals surface area contributed by atoms with E-state index in [4.69, 9.17) is 0 Å². The van der Waals surface area contributed by atoms with Crippen molar-refractivity contribution in [1.82, 2.24) is 0 Å². The van der Waals surface area contributed by atoms with Crippen LogP contribution in [0.4, 0.5) is 0 Å². The minimum atomic E-state index is 1.12. The maximum Gasteiger partial charge on any atom is 0.0968 e. The molecular formula is C21H44N+. The van der Waals surface area contributed by atoms with E-state index in [1.54, 1.807) is 0 Å². The van der Waals surface area contributed by atoms with Crippen molar-refractivity contribution in [3.8, 4) is 0 Å². The molecule has 0 aromatic carbocycles. The average Bonchev–Trinajstić information content (AvgIpc) is 2.52. The molecule has 0 aliphatic heterocycles. The second-order valence-electron chi connectivity index (χ2n) is 7.37. The molecule has 0 saturated heterocycles. The highest BCUT2D eigenvalue weighted by atomic mass is 15.3. The molecule has 0 amide bonds. The first-order chi connectivity index (χ1) is 10.7. The van der Waals surface area contributed by atoms with E-state index in [9.17, 15) is 0 Å². The lowest BCUT2D eigenvalue weighted by Crippen LogP contribution is -2.44. The van der Waals surface area contributed by atoms with Crippen LogP contribution in [0.2, 0.25) is 0 Å². The lowest BCUT2D eigenvalue weighted by molar-refractivity contribution is -0.902. The molecule has 0 aliphatic carbocycles. The van der Waals surface area contributed by atoms with Crippen molar-refractivity contribution in [3.63, 3.8) is 0 Å². The van der Waals surface area contributed by atoms with Crippen molar-refractivity contribution in [2.24, 2.45) is 0 Å². The monoisotopic (exact) mass is 310 g/mol. The number of rotatable bonds is 17. The summed E-state index contributed by atoms with van der Waals surface area (Å²) in [6, 6.07) is 0. The van der Waals surface area contributed by atoms with Gasteiger partial charge in [-0.05, 0) is 25.8 Å². The first kappa shape index (κ1) is 21.7. The normalized spacial score (nSPS) is 14.0. The molecule has 0 radical (unpaired) electrons. The largest absolute Gasteiger partial charge is 0.323 e. The van der Waals surface area contributed by atoms with Crippen LogP contribution >= 0.6 is 0 Å². The number of hydrogen-bond donors (Lipinski definition) is 0. The maximum absolute atomic E-state index is 3.89. The molecule has 0 rings (SSSR count). The van der Waals surface area contributed by atoms with Gasteiger partial charge in [0.2, 0.25) is 0 Å². The molecule has 1 atom stereocenters. The Labute approximate surface area is 141 Å². The van der Waals surface area contributed by atoms with E-state index in [1.807, 2.05) is 0 Å². The average molecular weight is 311 g/mol. The Balaban J connectivity index is 3.25. The van der Waals surface area contributed by atoms with E-state index in [-0.39, 0.29) is 0 Å². The molecule has 1 heteroatoms. The van der Waals surface area contributed by atoms with Gasteiger partial charge < -0.3 is 4.48 Å². The predicted molar refractivity (Wildman–Crippen MR) is 102 cm³/mol.